The number of alkyl halides is 3. The van der Waals surface area contributed by atoms with Gasteiger partial charge in [0.15, 0.2) is 0 Å². The second-order valence-electron chi connectivity index (χ2n) is 3.49. The molecule has 1 heterocycles. The van der Waals surface area contributed by atoms with Crippen molar-refractivity contribution < 1.29 is 18.3 Å². The van der Waals surface area contributed by atoms with Crippen molar-refractivity contribution >= 4 is 0 Å². The van der Waals surface area contributed by atoms with Gasteiger partial charge in [-0.05, 0) is 26.0 Å². The lowest BCUT2D eigenvalue weighted by molar-refractivity contribution is -0.137. The summed E-state index contributed by atoms with van der Waals surface area (Å²) in [5.74, 6) is 0. The van der Waals surface area contributed by atoms with Crippen molar-refractivity contribution in [3.8, 4) is 0 Å². The first kappa shape index (κ1) is 11.0. The number of hydrogen-bond acceptors (Lipinski definition) is 2. The highest BCUT2D eigenvalue weighted by Gasteiger charge is 2.32. The molecular weight excluding hydrogens is 195 g/mol. The summed E-state index contributed by atoms with van der Waals surface area (Å²) in [6.07, 6.45) is -3.36. The second kappa shape index (κ2) is 3.24. The Kier molecular flexibility index (Phi) is 2.54. The van der Waals surface area contributed by atoms with E-state index in [0.717, 1.165) is 18.3 Å². The van der Waals surface area contributed by atoms with Crippen LogP contribution in [0.15, 0.2) is 18.3 Å². The molecule has 0 spiro atoms. The molecule has 0 aliphatic carbocycles. The standard InChI is InChI=1S/C9H10F3NO/c1-8(2,14)7-5-6(3-4-13-7)9(10,11)12/h3-5,14H,1-2H3. The van der Waals surface area contributed by atoms with E-state index in [-0.39, 0.29) is 5.69 Å². The predicted octanol–water partition coefficient (Wildman–Crippen LogP) is 2.33. The van der Waals surface area contributed by atoms with Gasteiger partial charge in [0.2, 0.25) is 0 Å². The summed E-state index contributed by atoms with van der Waals surface area (Å²) in [5, 5.41) is 9.45. The van der Waals surface area contributed by atoms with Crippen molar-refractivity contribution in [2.75, 3.05) is 0 Å². The number of halogens is 3. The Morgan fingerprint density at radius 3 is 2.29 bits per heavy atom. The van der Waals surface area contributed by atoms with Gasteiger partial charge in [-0.1, -0.05) is 0 Å². The zero-order chi connectivity index (χ0) is 11.0. The maximum absolute atomic E-state index is 12.2. The van der Waals surface area contributed by atoms with Crippen molar-refractivity contribution in [1.29, 1.82) is 0 Å². The van der Waals surface area contributed by atoms with Crippen LogP contribution < -0.4 is 0 Å². The van der Waals surface area contributed by atoms with Crippen LogP contribution in [0.2, 0.25) is 0 Å². The van der Waals surface area contributed by atoms with Crippen LogP contribution in [0.1, 0.15) is 25.1 Å². The van der Waals surface area contributed by atoms with Crippen molar-refractivity contribution in [2.24, 2.45) is 0 Å². The first-order valence-electron chi connectivity index (χ1n) is 3.97. The molecule has 1 N–H and O–H groups in total. The van der Waals surface area contributed by atoms with Crippen LogP contribution in [0, 0.1) is 0 Å². The lowest BCUT2D eigenvalue weighted by Gasteiger charge is -2.17. The first-order chi connectivity index (χ1) is 6.21. The Balaban J connectivity index is 3.15. The predicted molar refractivity (Wildman–Crippen MR) is 44.5 cm³/mol. The van der Waals surface area contributed by atoms with Crippen molar-refractivity contribution in [3.63, 3.8) is 0 Å². The Bertz CT molecular complexity index is 298. The summed E-state index contributed by atoms with van der Waals surface area (Å²) in [4.78, 5) is 3.67. The van der Waals surface area contributed by atoms with E-state index in [0.29, 0.717) is 0 Å². The minimum atomic E-state index is -4.40. The van der Waals surface area contributed by atoms with Crippen molar-refractivity contribution in [1.82, 2.24) is 4.98 Å². The molecule has 0 radical (unpaired) electrons. The van der Waals surface area contributed by atoms with E-state index < -0.39 is 17.3 Å². The molecule has 0 unspecified atom stereocenters. The Morgan fingerprint density at radius 2 is 1.86 bits per heavy atom. The first-order valence-corrected chi connectivity index (χ1v) is 3.97. The Hall–Kier alpha value is -1.10. The molecule has 0 aromatic carbocycles. The molecule has 0 saturated heterocycles. The molecule has 2 nitrogen and oxygen atoms in total. The van der Waals surface area contributed by atoms with E-state index in [2.05, 4.69) is 4.98 Å². The zero-order valence-corrected chi connectivity index (χ0v) is 7.76. The summed E-state index contributed by atoms with van der Waals surface area (Å²) >= 11 is 0. The largest absolute Gasteiger partial charge is 0.416 e. The molecule has 14 heavy (non-hydrogen) atoms. The maximum Gasteiger partial charge on any atom is 0.416 e. The maximum atomic E-state index is 12.2. The minimum Gasteiger partial charge on any atom is -0.384 e. The molecule has 0 bridgehead atoms. The molecular formula is C9H10F3NO. The minimum absolute atomic E-state index is 0.00678. The molecule has 0 saturated carbocycles. The van der Waals surface area contributed by atoms with Crippen molar-refractivity contribution in [2.45, 2.75) is 25.6 Å². The van der Waals surface area contributed by atoms with Crippen LogP contribution in [0.25, 0.3) is 0 Å². The third-order valence-electron chi connectivity index (χ3n) is 1.71. The third kappa shape index (κ3) is 2.45. The third-order valence-corrected chi connectivity index (χ3v) is 1.71. The van der Waals surface area contributed by atoms with E-state index in [1.165, 1.54) is 13.8 Å². The van der Waals surface area contributed by atoms with E-state index >= 15 is 0 Å². The fourth-order valence-electron chi connectivity index (χ4n) is 0.941. The quantitative estimate of drug-likeness (QED) is 0.763. The Morgan fingerprint density at radius 1 is 1.29 bits per heavy atom. The lowest BCUT2D eigenvalue weighted by atomic mass is 10.0. The normalized spacial score (nSPS) is 13.0. The lowest BCUT2D eigenvalue weighted by Crippen LogP contribution is -2.18. The molecule has 1 aromatic heterocycles. The topological polar surface area (TPSA) is 33.1 Å². The van der Waals surface area contributed by atoms with Gasteiger partial charge < -0.3 is 5.11 Å². The monoisotopic (exact) mass is 205 g/mol. The zero-order valence-electron chi connectivity index (χ0n) is 7.76. The smallest absolute Gasteiger partial charge is 0.384 e. The molecule has 1 aromatic rings. The number of hydrogen-bond donors (Lipinski definition) is 1. The van der Waals surface area contributed by atoms with Crippen LogP contribution in [0.3, 0.4) is 0 Å². The van der Waals surface area contributed by atoms with Gasteiger partial charge in [0.05, 0.1) is 11.3 Å². The van der Waals surface area contributed by atoms with Gasteiger partial charge >= 0.3 is 6.18 Å². The number of aromatic nitrogens is 1. The van der Waals surface area contributed by atoms with Crippen LogP contribution in [0.5, 0.6) is 0 Å². The van der Waals surface area contributed by atoms with Gasteiger partial charge in [0, 0.05) is 6.20 Å². The van der Waals surface area contributed by atoms with Crippen LogP contribution in [0.4, 0.5) is 13.2 Å². The summed E-state index contributed by atoms with van der Waals surface area (Å²) in [7, 11) is 0. The summed E-state index contributed by atoms with van der Waals surface area (Å²) in [6.45, 7) is 2.77. The number of aliphatic hydroxyl groups is 1. The summed E-state index contributed by atoms with van der Waals surface area (Å²) in [6, 6.07) is 1.72. The number of rotatable bonds is 1. The molecule has 0 fully saturated rings. The van der Waals surface area contributed by atoms with Gasteiger partial charge in [-0.2, -0.15) is 13.2 Å². The van der Waals surface area contributed by atoms with Gasteiger partial charge in [0.25, 0.3) is 0 Å². The highest BCUT2D eigenvalue weighted by molar-refractivity contribution is 5.22. The highest BCUT2D eigenvalue weighted by atomic mass is 19.4. The van der Waals surface area contributed by atoms with Gasteiger partial charge in [-0.15, -0.1) is 0 Å². The van der Waals surface area contributed by atoms with E-state index in [1.807, 2.05) is 0 Å². The molecule has 0 aliphatic heterocycles. The molecule has 0 amide bonds. The molecule has 5 heteroatoms. The molecule has 0 atom stereocenters. The molecule has 1 rings (SSSR count). The SMILES string of the molecule is CC(C)(O)c1cc(C(F)(F)F)ccn1. The highest BCUT2D eigenvalue weighted by Crippen LogP contribution is 2.30. The Labute approximate surface area is 79.4 Å². The summed E-state index contributed by atoms with van der Waals surface area (Å²) < 4.78 is 36.7. The van der Waals surface area contributed by atoms with Crippen LogP contribution in [-0.2, 0) is 11.8 Å². The second-order valence-corrected chi connectivity index (χ2v) is 3.49. The van der Waals surface area contributed by atoms with Gasteiger partial charge in [-0.3, -0.25) is 4.98 Å². The average molecular weight is 205 g/mol. The van der Waals surface area contributed by atoms with Gasteiger partial charge in [-0.25, -0.2) is 0 Å². The molecule has 78 valence electrons. The number of pyridine rings is 1. The fourth-order valence-corrected chi connectivity index (χ4v) is 0.941. The van der Waals surface area contributed by atoms with Crippen molar-refractivity contribution in [3.05, 3.63) is 29.6 Å². The van der Waals surface area contributed by atoms with Crippen LogP contribution >= 0.6 is 0 Å². The fraction of sp³-hybridized carbons (Fsp3) is 0.444. The van der Waals surface area contributed by atoms with Gasteiger partial charge in [0.1, 0.15) is 5.60 Å². The number of nitrogens with zero attached hydrogens (tertiary/aromatic N) is 1. The average Bonchev–Trinajstić information content (AvgIpc) is 2.01. The molecule has 0 aliphatic rings. The van der Waals surface area contributed by atoms with E-state index in [9.17, 15) is 18.3 Å². The summed E-state index contributed by atoms with van der Waals surface area (Å²) in [5.41, 5.74) is -2.15. The van der Waals surface area contributed by atoms with E-state index in [1.54, 1.807) is 0 Å². The van der Waals surface area contributed by atoms with E-state index in [4.69, 9.17) is 0 Å². The van der Waals surface area contributed by atoms with Crippen LogP contribution in [-0.4, -0.2) is 10.1 Å².